The zero-order chi connectivity index (χ0) is 23.5. The van der Waals surface area contributed by atoms with Crippen molar-refractivity contribution in [2.24, 2.45) is 0 Å². The molecule has 4 heterocycles. The number of carbonyl (C=O) groups is 2. The second kappa shape index (κ2) is 10.3. The predicted octanol–water partition coefficient (Wildman–Crippen LogP) is 2.75. The first kappa shape index (κ1) is 23.1. The van der Waals surface area contributed by atoms with Gasteiger partial charge in [0.1, 0.15) is 0 Å². The molecular weight excluding hydrogens is 430 g/mol. The van der Waals surface area contributed by atoms with E-state index in [0.29, 0.717) is 25.4 Å². The van der Waals surface area contributed by atoms with Crippen molar-refractivity contribution in [1.82, 2.24) is 24.3 Å². The van der Waals surface area contributed by atoms with Crippen LogP contribution in [0.3, 0.4) is 0 Å². The van der Waals surface area contributed by atoms with Crippen molar-refractivity contribution in [3.05, 3.63) is 34.7 Å². The lowest BCUT2D eigenvalue weighted by Crippen LogP contribution is -2.52. The molecule has 1 N–H and O–H groups in total. The van der Waals surface area contributed by atoms with Gasteiger partial charge in [-0.25, -0.2) is 4.79 Å². The number of hydrogen-bond donors (Lipinski definition) is 1. The van der Waals surface area contributed by atoms with E-state index in [4.69, 9.17) is 0 Å². The minimum absolute atomic E-state index is 0.0136. The minimum atomic E-state index is -0.0136. The van der Waals surface area contributed by atoms with E-state index < -0.39 is 0 Å². The summed E-state index contributed by atoms with van der Waals surface area (Å²) in [7, 11) is 0. The molecule has 0 bridgehead atoms. The van der Waals surface area contributed by atoms with Crippen molar-refractivity contribution in [3.8, 4) is 0 Å². The molecule has 3 fully saturated rings. The average Bonchev–Trinajstić information content (AvgIpc) is 3.21. The second-order valence-corrected chi connectivity index (χ2v) is 10.2. The Balaban J connectivity index is 1.11. The number of hydrogen-bond acceptors (Lipinski definition) is 4. The lowest BCUT2D eigenvalue weighted by Gasteiger charge is -2.42. The van der Waals surface area contributed by atoms with Crippen LogP contribution < -0.4 is 5.69 Å². The van der Waals surface area contributed by atoms with Gasteiger partial charge >= 0.3 is 5.69 Å². The van der Waals surface area contributed by atoms with Crippen LogP contribution in [0.5, 0.6) is 0 Å². The number of imidazole rings is 1. The molecule has 0 aliphatic carbocycles. The molecule has 2 amide bonds. The van der Waals surface area contributed by atoms with Gasteiger partial charge in [-0.1, -0.05) is 12.1 Å². The topological polar surface area (TPSA) is 81.7 Å². The SMILES string of the molecule is O=C1CCCCN1CCCC(=O)N1CCC[C@H](N2CCC(n3c(=O)[nH]c4ccccc43)CC2)C1. The van der Waals surface area contributed by atoms with Crippen molar-refractivity contribution in [1.29, 1.82) is 0 Å². The van der Waals surface area contributed by atoms with E-state index in [-0.39, 0.29) is 23.5 Å². The molecule has 8 heteroatoms. The highest BCUT2D eigenvalue weighted by molar-refractivity contribution is 5.78. The fourth-order valence-electron chi connectivity index (χ4n) is 6.10. The average molecular weight is 468 g/mol. The van der Waals surface area contributed by atoms with E-state index in [1.165, 1.54) is 0 Å². The third-order valence-electron chi connectivity index (χ3n) is 7.99. The molecule has 8 nitrogen and oxygen atoms in total. The predicted molar refractivity (Wildman–Crippen MR) is 132 cm³/mol. The highest BCUT2D eigenvalue weighted by Gasteiger charge is 2.31. The summed E-state index contributed by atoms with van der Waals surface area (Å²) >= 11 is 0. The third-order valence-corrected chi connectivity index (χ3v) is 7.99. The van der Waals surface area contributed by atoms with E-state index in [1.807, 2.05) is 38.6 Å². The van der Waals surface area contributed by atoms with Crippen LogP contribution in [-0.4, -0.2) is 81.4 Å². The number of amides is 2. The number of nitrogens with zero attached hydrogens (tertiary/aromatic N) is 4. The van der Waals surface area contributed by atoms with Gasteiger partial charge in [0, 0.05) is 64.2 Å². The van der Waals surface area contributed by atoms with Gasteiger partial charge in [-0.2, -0.15) is 0 Å². The maximum Gasteiger partial charge on any atom is 0.326 e. The largest absolute Gasteiger partial charge is 0.343 e. The van der Waals surface area contributed by atoms with Gasteiger partial charge in [0.05, 0.1) is 11.0 Å². The first-order valence-corrected chi connectivity index (χ1v) is 13.1. The zero-order valence-electron chi connectivity index (χ0n) is 20.1. The number of piperidine rings is 3. The van der Waals surface area contributed by atoms with Crippen LogP contribution in [-0.2, 0) is 9.59 Å². The summed E-state index contributed by atoms with van der Waals surface area (Å²) in [5.41, 5.74) is 1.88. The molecule has 184 valence electrons. The number of aromatic amines is 1. The summed E-state index contributed by atoms with van der Waals surface area (Å²) in [5, 5.41) is 0. The number of aromatic nitrogens is 2. The van der Waals surface area contributed by atoms with Gasteiger partial charge in [-0.05, 0) is 57.1 Å². The summed E-state index contributed by atoms with van der Waals surface area (Å²) in [5.74, 6) is 0.476. The molecule has 2 aromatic rings. The van der Waals surface area contributed by atoms with Crippen LogP contribution >= 0.6 is 0 Å². The highest BCUT2D eigenvalue weighted by Crippen LogP contribution is 2.28. The molecule has 0 radical (unpaired) electrons. The first-order valence-electron chi connectivity index (χ1n) is 13.1. The number of benzene rings is 1. The van der Waals surface area contributed by atoms with Crippen LogP contribution in [0.1, 0.15) is 63.8 Å². The molecule has 5 rings (SSSR count). The highest BCUT2D eigenvalue weighted by atomic mass is 16.2. The lowest BCUT2D eigenvalue weighted by atomic mass is 9.98. The number of nitrogens with one attached hydrogen (secondary N) is 1. The fourth-order valence-corrected chi connectivity index (χ4v) is 6.10. The van der Waals surface area contributed by atoms with Crippen molar-refractivity contribution in [3.63, 3.8) is 0 Å². The minimum Gasteiger partial charge on any atom is -0.343 e. The Bertz CT molecular complexity index is 1070. The van der Waals surface area contributed by atoms with Crippen LogP contribution in [0, 0.1) is 0 Å². The van der Waals surface area contributed by atoms with Gasteiger partial charge in [-0.3, -0.25) is 19.1 Å². The van der Waals surface area contributed by atoms with E-state index in [0.717, 1.165) is 88.7 Å². The Morgan fingerprint density at radius 2 is 1.76 bits per heavy atom. The van der Waals surface area contributed by atoms with Crippen LogP contribution in [0.25, 0.3) is 11.0 Å². The summed E-state index contributed by atoms with van der Waals surface area (Å²) in [6.07, 6.45) is 8.11. The van der Waals surface area contributed by atoms with Crippen LogP contribution in [0.4, 0.5) is 0 Å². The molecule has 0 unspecified atom stereocenters. The van der Waals surface area contributed by atoms with E-state index in [2.05, 4.69) is 9.88 Å². The fraction of sp³-hybridized carbons (Fsp3) is 0.654. The van der Waals surface area contributed by atoms with Gasteiger partial charge in [0.15, 0.2) is 0 Å². The Kier molecular flexibility index (Phi) is 7.04. The quantitative estimate of drug-likeness (QED) is 0.708. The molecule has 34 heavy (non-hydrogen) atoms. The Labute approximate surface area is 200 Å². The summed E-state index contributed by atoms with van der Waals surface area (Å²) in [6.45, 7) is 5.13. The van der Waals surface area contributed by atoms with Gasteiger partial charge in [0.2, 0.25) is 11.8 Å². The number of carbonyl (C=O) groups excluding carboxylic acids is 2. The van der Waals surface area contributed by atoms with Crippen molar-refractivity contribution in [2.75, 3.05) is 39.3 Å². The van der Waals surface area contributed by atoms with Crippen LogP contribution in [0.15, 0.2) is 29.1 Å². The maximum atomic E-state index is 12.9. The Morgan fingerprint density at radius 1 is 0.941 bits per heavy atom. The number of likely N-dealkylation sites (tertiary alicyclic amines) is 3. The normalized spacial score (nSPS) is 23.1. The smallest absolute Gasteiger partial charge is 0.326 e. The summed E-state index contributed by atoms with van der Waals surface area (Å²) < 4.78 is 1.94. The monoisotopic (exact) mass is 467 g/mol. The van der Waals surface area contributed by atoms with E-state index >= 15 is 0 Å². The van der Waals surface area contributed by atoms with Gasteiger partial charge in [0.25, 0.3) is 0 Å². The molecule has 1 aromatic carbocycles. The standard InChI is InChI=1S/C26H37N5O3/c32-24-10-3-4-14-29(24)15-6-11-25(33)30-16-5-7-21(19-30)28-17-12-20(13-18-28)31-23-9-2-1-8-22(23)27-26(31)34/h1-2,8-9,20-21H,3-7,10-19H2,(H,27,34)/t21-/m0/s1. The second-order valence-electron chi connectivity index (χ2n) is 10.2. The third kappa shape index (κ3) is 4.92. The maximum absolute atomic E-state index is 12.9. The molecule has 3 aliphatic rings. The van der Waals surface area contributed by atoms with Crippen molar-refractivity contribution in [2.45, 2.75) is 69.9 Å². The summed E-state index contributed by atoms with van der Waals surface area (Å²) in [6, 6.07) is 8.54. The molecule has 3 aliphatic heterocycles. The number of para-hydroxylation sites is 2. The molecule has 0 spiro atoms. The number of rotatable bonds is 6. The molecule has 1 aromatic heterocycles. The lowest BCUT2D eigenvalue weighted by molar-refractivity contribution is -0.136. The van der Waals surface area contributed by atoms with Crippen LogP contribution in [0.2, 0.25) is 0 Å². The van der Waals surface area contributed by atoms with Gasteiger partial charge < -0.3 is 14.8 Å². The molecule has 0 saturated carbocycles. The zero-order valence-corrected chi connectivity index (χ0v) is 20.1. The summed E-state index contributed by atoms with van der Waals surface area (Å²) in [4.78, 5) is 46.9. The number of fused-ring (bicyclic) bond motifs is 1. The molecule has 3 saturated heterocycles. The van der Waals surface area contributed by atoms with Crippen molar-refractivity contribution < 1.29 is 9.59 Å². The first-order chi connectivity index (χ1) is 16.6. The Morgan fingerprint density at radius 3 is 2.59 bits per heavy atom. The van der Waals surface area contributed by atoms with Gasteiger partial charge in [-0.15, -0.1) is 0 Å². The van der Waals surface area contributed by atoms with E-state index in [1.54, 1.807) is 0 Å². The van der Waals surface area contributed by atoms with E-state index in [9.17, 15) is 14.4 Å². The van der Waals surface area contributed by atoms with Crippen molar-refractivity contribution >= 4 is 22.8 Å². The molecule has 1 atom stereocenters. The Hall–Kier alpha value is -2.61. The number of H-pyrrole nitrogens is 1. The molecular formula is C26H37N5O3.